The van der Waals surface area contributed by atoms with Crippen LogP contribution < -0.4 is 0 Å². The van der Waals surface area contributed by atoms with E-state index in [0.717, 1.165) is 23.7 Å². The van der Waals surface area contributed by atoms with Gasteiger partial charge in [-0.25, -0.2) is 0 Å². The van der Waals surface area contributed by atoms with Crippen LogP contribution in [0.2, 0.25) is 58.9 Å². The fourth-order valence-corrected chi connectivity index (χ4v) is 12.6. The molecule has 0 heterocycles. The van der Waals surface area contributed by atoms with Crippen LogP contribution in [0.1, 0.15) is 65.2 Å². The normalized spacial score (nSPS) is 45.4. The second-order valence-electron chi connectivity index (χ2n) is 16.0. The standard InChI is InChI=1S/C28H56O3Si3/c1-27-17-16-21(29-32(3,4)5)18-20(27)12-13-22-23-14-15-25(31-34(9,10)11)28(23,2)19-24(26(22)27)30-33(6,7)8/h20-26H,12-19H2,1-11H3/t20?,21?,22-,23-,24?,25?,26+,27-,28-/m0/s1. The molecule has 0 bridgehead atoms. The lowest BCUT2D eigenvalue weighted by molar-refractivity contribution is -0.176. The van der Waals surface area contributed by atoms with Gasteiger partial charge < -0.3 is 13.3 Å². The highest BCUT2D eigenvalue weighted by molar-refractivity contribution is 6.70. The zero-order valence-corrected chi connectivity index (χ0v) is 27.4. The van der Waals surface area contributed by atoms with E-state index >= 15 is 0 Å². The molecule has 4 aliphatic rings. The van der Waals surface area contributed by atoms with Gasteiger partial charge in [0.2, 0.25) is 0 Å². The second kappa shape index (κ2) is 9.07. The molecule has 4 saturated carbocycles. The number of hydrogen-bond donors (Lipinski definition) is 0. The minimum Gasteiger partial charge on any atom is -0.415 e. The van der Waals surface area contributed by atoms with E-state index in [1.54, 1.807) is 0 Å². The maximum absolute atomic E-state index is 7.19. The van der Waals surface area contributed by atoms with Crippen LogP contribution >= 0.6 is 0 Å². The van der Waals surface area contributed by atoms with Gasteiger partial charge in [-0.05, 0) is 145 Å². The molecular weight excluding hydrogens is 469 g/mol. The summed E-state index contributed by atoms with van der Waals surface area (Å²) in [4.78, 5) is 0. The lowest BCUT2D eigenvalue weighted by Gasteiger charge is -2.64. The lowest BCUT2D eigenvalue weighted by Crippen LogP contribution is -2.62. The Bertz CT molecular complexity index is 739. The first-order valence-corrected chi connectivity index (χ1v) is 24.7. The van der Waals surface area contributed by atoms with Gasteiger partial charge in [-0.15, -0.1) is 0 Å². The maximum atomic E-state index is 7.19. The van der Waals surface area contributed by atoms with Gasteiger partial charge in [0, 0.05) is 12.2 Å². The van der Waals surface area contributed by atoms with Crippen LogP contribution in [-0.4, -0.2) is 43.3 Å². The zero-order chi connectivity index (χ0) is 25.3. The fourth-order valence-electron chi connectivity index (χ4n) is 9.05. The van der Waals surface area contributed by atoms with Crippen LogP contribution in [0.3, 0.4) is 0 Å². The van der Waals surface area contributed by atoms with E-state index < -0.39 is 25.0 Å². The summed E-state index contributed by atoms with van der Waals surface area (Å²) in [6.07, 6.45) is 11.9. The molecule has 4 unspecified atom stereocenters. The van der Waals surface area contributed by atoms with E-state index in [0.29, 0.717) is 23.7 Å². The first kappa shape index (κ1) is 27.6. The van der Waals surface area contributed by atoms with Gasteiger partial charge in [-0.3, -0.25) is 0 Å². The Kier molecular flexibility index (Phi) is 7.36. The molecule has 0 saturated heterocycles. The molecule has 34 heavy (non-hydrogen) atoms. The third kappa shape index (κ3) is 5.52. The van der Waals surface area contributed by atoms with E-state index in [4.69, 9.17) is 13.3 Å². The van der Waals surface area contributed by atoms with Crippen molar-refractivity contribution in [3.05, 3.63) is 0 Å². The number of fused-ring (bicyclic) bond motifs is 5. The molecule has 198 valence electrons. The second-order valence-corrected chi connectivity index (χ2v) is 29.4. The van der Waals surface area contributed by atoms with Crippen molar-refractivity contribution in [3.63, 3.8) is 0 Å². The van der Waals surface area contributed by atoms with Crippen LogP contribution in [0.25, 0.3) is 0 Å². The van der Waals surface area contributed by atoms with Crippen molar-refractivity contribution < 1.29 is 13.3 Å². The molecule has 0 N–H and O–H groups in total. The summed E-state index contributed by atoms with van der Waals surface area (Å²) in [5.41, 5.74) is 0.693. The molecule has 0 aromatic rings. The molecule has 3 nitrogen and oxygen atoms in total. The van der Waals surface area contributed by atoms with Crippen molar-refractivity contribution in [1.82, 2.24) is 0 Å². The highest BCUT2D eigenvalue weighted by atomic mass is 28.4. The van der Waals surface area contributed by atoms with E-state index in [-0.39, 0.29) is 5.41 Å². The van der Waals surface area contributed by atoms with E-state index in [2.05, 4.69) is 72.8 Å². The van der Waals surface area contributed by atoms with Crippen LogP contribution in [0.5, 0.6) is 0 Å². The van der Waals surface area contributed by atoms with E-state index in [1.807, 2.05) is 0 Å². The van der Waals surface area contributed by atoms with Crippen molar-refractivity contribution in [2.24, 2.45) is 34.5 Å². The van der Waals surface area contributed by atoms with Crippen molar-refractivity contribution in [2.45, 2.75) is 142 Å². The quantitative estimate of drug-likeness (QED) is 0.327. The van der Waals surface area contributed by atoms with Gasteiger partial charge in [0.05, 0.1) is 6.10 Å². The topological polar surface area (TPSA) is 27.7 Å². The molecule has 6 heteroatoms. The van der Waals surface area contributed by atoms with Gasteiger partial charge in [0.1, 0.15) is 0 Å². The van der Waals surface area contributed by atoms with E-state index in [1.165, 1.54) is 51.4 Å². The fraction of sp³-hybridized carbons (Fsp3) is 1.00. The Morgan fingerprint density at radius 1 is 0.647 bits per heavy atom. The molecule has 4 fully saturated rings. The van der Waals surface area contributed by atoms with Crippen LogP contribution in [0, 0.1) is 34.5 Å². The van der Waals surface area contributed by atoms with Gasteiger partial charge in [0.15, 0.2) is 25.0 Å². The van der Waals surface area contributed by atoms with Crippen LogP contribution in [-0.2, 0) is 13.3 Å². The smallest absolute Gasteiger partial charge is 0.184 e. The predicted molar refractivity (Wildman–Crippen MR) is 152 cm³/mol. The minimum atomic E-state index is -1.65. The molecule has 0 radical (unpaired) electrons. The van der Waals surface area contributed by atoms with Gasteiger partial charge in [-0.1, -0.05) is 13.8 Å². The summed E-state index contributed by atoms with van der Waals surface area (Å²) in [5.74, 6) is 3.14. The monoisotopic (exact) mass is 524 g/mol. The molecule has 0 aromatic carbocycles. The summed E-state index contributed by atoms with van der Waals surface area (Å²) in [5, 5.41) is 0. The third-order valence-electron chi connectivity index (χ3n) is 9.96. The third-order valence-corrected chi connectivity index (χ3v) is 13.0. The summed E-state index contributed by atoms with van der Waals surface area (Å²) in [7, 11) is -4.71. The first-order valence-electron chi connectivity index (χ1n) is 14.4. The van der Waals surface area contributed by atoms with Gasteiger partial charge >= 0.3 is 0 Å². The zero-order valence-electron chi connectivity index (χ0n) is 24.4. The van der Waals surface area contributed by atoms with Crippen molar-refractivity contribution in [3.8, 4) is 0 Å². The molecular formula is C28H56O3Si3. The first-order chi connectivity index (χ1) is 15.4. The predicted octanol–water partition coefficient (Wildman–Crippen LogP) is 8.30. The Balaban J connectivity index is 1.64. The summed E-state index contributed by atoms with van der Waals surface area (Å²) in [6, 6.07) is 0. The summed E-state index contributed by atoms with van der Waals surface area (Å²) in [6.45, 7) is 26.7. The Labute approximate surface area is 214 Å². The minimum absolute atomic E-state index is 0.285. The van der Waals surface area contributed by atoms with E-state index in [9.17, 15) is 0 Å². The molecule has 4 aliphatic carbocycles. The van der Waals surface area contributed by atoms with Crippen molar-refractivity contribution in [1.29, 1.82) is 0 Å². The van der Waals surface area contributed by atoms with Crippen molar-refractivity contribution >= 4 is 25.0 Å². The average Bonchev–Trinajstić information content (AvgIpc) is 2.93. The Morgan fingerprint density at radius 2 is 1.26 bits per heavy atom. The highest BCUT2D eigenvalue weighted by Gasteiger charge is 2.64. The summed E-state index contributed by atoms with van der Waals surface area (Å²) < 4.78 is 20.8. The average molecular weight is 525 g/mol. The molecule has 0 aliphatic heterocycles. The molecule has 0 amide bonds. The summed E-state index contributed by atoms with van der Waals surface area (Å²) >= 11 is 0. The molecule has 4 rings (SSSR count). The molecule has 9 atom stereocenters. The SMILES string of the molecule is C[C@]12CCC(O[Si](C)(C)C)CC1CC[C@@H]1[C@@H]2C(O[Si](C)(C)C)C[C@]2(C)C(O[Si](C)(C)C)CC[C@@H]12. The molecule has 0 spiro atoms. The lowest BCUT2D eigenvalue weighted by atomic mass is 9.44. The largest absolute Gasteiger partial charge is 0.415 e. The Morgan fingerprint density at radius 3 is 1.85 bits per heavy atom. The Hall–Kier alpha value is 0.531. The molecule has 0 aromatic heterocycles. The van der Waals surface area contributed by atoms with Crippen LogP contribution in [0.4, 0.5) is 0 Å². The number of rotatable bonds is 6. The van der Waals surface area contributed by atoms with Gasteiger partial charge in [0.25, 0.3) is 0 Å². The highest BCUT2D eigenvalue weighted by Crippen LogP contribution is 2.67. The van der Waals surface area contributed by atoms with Gasteiger partial charge in [-0.2, -0.15) is 0 Å². The van der Waals surface area contributed by atoms with Crippen molar-refractivity contribution in [2.75, 3.05) is 0 Å². The number of hydrogen-bond acceptors (Lipinski definition) is 3. The maximum Gasteiger partial charge on any atom is 0.184 e. The van der Waals surface area contributed by atoms with Crippen LogP contribution in [0.15, 0.2) is 0 Å².